The number of halogens is 1. The first kappa shape index (κ1) is 12.4. The molecular weight excluding hydrogens is 280 g/mol. The van der Waals surface area contributed by atoms with Crippen molar-refractivity contribution >= 4 is 21.6 Å². The van der Waals surface area contributed by atoms with Crippen LogP contribution in [0.5, 0.6) is 0 Å². The molecule has 1 heterocycles. The monoisotopic (exact) mass is 294 g/mol. The summed E-state index contributed by atoms with van der Waals surface area (Å²) in [6.45, 7) is 2.65. The maximum atomic E-state index is 9.40. The fraction of sp³-hybridized carbons (Fsp3) is 0.462. The summed E-state index contributed by atoms with van der Waals surface area (Å²) in [7, 11) is 0. The van der Waals surface area contributed by atoms with Crippen molar-refractivity contribution in [1.82, 2.24) is 0 Å². The largest absolute Gasteiger partial charge is 0.378 e. The Morgan fingerprint density at radius 2 is 2.18 bits per heavy atom. The Balaban J connectivity index is 2.14. The highest BCUT2D eigenvalue weighted by Gasteiger charge is 2.35. The predicted octanol–water partition coefficient (Wildman–Crippen LogP) is 3.32. The van der Waals surface area contributed by atoms with Crippen LogP contribution in [0.25, 0.3) is 0 Å². The predicted molar refractivity (Wildman–Crippen MR) is 70.8 cm³/mol. The minimum atomic E-state index is -0.495. The van der Waals surface area contributed by atoms with Gasteiger partial charge in [-0.15, -0.1) is 0 Å². The summed E-state index contributed by atoms with van der Waals surface area (Å²) in [5, 5.41) is 12.7. The molecule has 1 saturated heterocycles. The summed E-state index contributed by atoms with van der Waals surface area (Å²) in [5.74, 6) is 0. The van der Waals surface area contributed by atoms with Gasteiger partial charge >= 0.3 is 0 Å². The average molecular weight is 295 g/mol. The second-order valence-corrected chi connectivity index (χ2v) is 5.38. The standard InChI is InChI=1S/C13H15BrN2O/c1-10-8-13(9-15,6-7-17-10)16-12-4-2-11(14)3-5-12/h2-5,10,16H,6-8H2,1H3. The maximum absolute atomic E-state index is 9.40. The first-order chi connectivity index (χ1) is 8.13. The van der Waals surface area contributed by atoms with Crippen molar-refractivity contribution in [2.45, 2.75) is 31.4 Å². The van der Waals surface area contributed by atoms with Crippen molar-refractivity contribution in [2.24, 2.45) is 0 Å². The Morgan fingerprint density at radius 3 is 2.76 bits per heavy atom. The van der Waals surface area contributed by atoms with Crippen molar-refractivity contribution in [3.8, 4) is 6.07 Å². The molecular formula is C13H15BrN2O. The van der Waals surface area contributed by atoms with Crippen LogP contribution in [0.15, 0.2) is 28.7 Å². The number of anilines is 1. The first-order valence-electron chi connectivity index (χ1n) is 5.70. The Morgan fingerprint density at radius 1 is 1.47 bits per heavy atom. The molecule has 1 aromatic carbocycles. The summed E-state index contributed by atoms with van der Waals surface area (Å²) in [5.41, 5.74) is 0.481. The smallest absolute Gasteiger partial charge is 0.130 e. The molecule has 1 N–H and O–H groups in total. The molecule has 2 atom stereocenters. The van der Waals surface area contributed by atoms with Crippen LogP contribution in [0.3, 0.4) is 0 Å². The third-order valence-corrected chi connectivity index (χ3v) is 3.54. The SMILES string of the molecule is CC1CC(C#N)(Nc2ccc(Br)cc2)CCO1. The van der Waals surface area contributed by atoms with Crippen molar-refractivity contribution in [1.29, 1.82) is 5.26 Å². The minimum Gasteiger partial charge on any atom is -0.378 e. The van der Waals surface area contributed by atoms with E-state index < -0.39 is 5.54 Å². The van der Waals surface area contributed by atoms with E-state index in [9.17, 15) is 5.26 Å². The molecule has 1 aliphatic heterocycles. The number of hydrogen-bond donors (Lipinski definition) is 1. The molecule has 3 nitrogen and oxygen atoms in total. The summed E-state index contributed by atoms with van der Waals surface area (Å²) in [4.78, 5) is 0. The lowest BCUT2D eigenvalue weighted by Gasteiger charge is -2.35. The first-order valence-corrected chi connectivity index (χ1v) is 6.49. The van der Waals surface area contributed by atoms with Crippen LogP contribution in [-0.4, -0.2) is 18.2 Å². The van der Waals surface area contributed by atoms with Gasteiger partial charge in [0.15, 0.2) is 0 Å². The van der Waals surface area contributed by atoms with Gasteiger partial charge in [-0.3, -0.25) is 0 Å². The van der Waals surface area contributed by atoms with Gasteiger partial charge in [-0.2, -0.15) is 5.26 Å². The molecule has 2 unspecified atom stereocenters. The summed E-state index contributed by atoms with van der Waals surface area (Å²) in [6.07, 6.45) is 1.58. The van der Waals surface area contributed by atoms with Gasteiger partial charge in [0.05, 0.1) is 18.8 Å². The molecule has 4 heteroatoms. The van der Waals surface area contributed by atoms with E-state index >= 15 is 0 Å². The van der Waals surface area contributed by atoms with Crippen LogP contribution >= 0.6 is 15.9 Å². The third-order valence-electron chi connectivity index (χ3n) is 3.01. The number of hydrogen-bond acceptors (Lipinski definition) is 3. The van der Waals surface area contributed by atoms with Crippen molar-refractivity contribution in [3.63, 3.8) is 0 Å². The van der Waals surface area contributed by atoms with Gasteiger partial charge in [-0.25, -0.2) is 0 Å². The van der Waals surface area contributed by atoms with Crippen LogP contribution in [-0.2, 0) is 4.74 Å². The molecule has 0 bridgehead atoms. The zero-order chi connectivity index (χ0) is 12.3. The molecule has 0 aliphatic carbocycles. The van der Waals surface area contributed by atoms with Crippen molar-refractivity contribution in [3.05, 3.63) is 28.7 Å². The van der Waals surface area contributed by atoms with Gasteiger partial charge in [0.2, 0.25) is 0 Å². The number of nitrogens with zero attached hydrogens (tertiary/aromatic N) is 1. The van der Waals surface area contributed by atoms with Crippen LogP contribution in [0.2, 0.25) is 0 Å². The van der Waals surface area contributed by atoms with Crippen LogP contribution in [0, 0.1) is 11.3 Å². The summed E-state index contributed by atoms with van der Waals surface area (Å²) < 4.78 is 6.53. The van der Waals surface area contributed by atoms with Gasteiger partial charge in [0, 0.05) is 23.0 Å². The number of nitriles is 1. The molecule has 1 fully saturated rings. The van der Waals surface area contributed by atoms with Crippen LogP contribution in [0.1, 0.15) is 19.8 Å². The highest BCUT2D eigenvalue weighted by atomic mass is 79.9. The average Bonchev–Trinajstić information content (AvgIpc) is 2.32. The normalized spacial score (nSPS) is 28.4. The van der Waals surface area contributed by atoms with Crippen molar-refractivity contribution in [2.75, 3.05) is 11.9 Å². The highest BCUT2D eigenvalue weighted by molar-refractivity contribution is 9.10. The Labute approximate surface area is 110 Å². The molecule has 0 amide bonds. The van der Waals surface area contributed by atoms with E-state index in [-0.39, 0.29) is 6.10 Å². The zero-order valence-electron chi connectivity index (χ0n) is 9.74. The van der Waals surface area contributed by atoms with Crippen LogP contribution < -0.4 is 5.32 Å². The fourth-order valence-corrected chi connectivity index (χ4v) is 2.40. The van der Waals surface area contributed by atoms with Gasteiger partial charge < -0.3 is 10.1 Å². The van der Waals surface area contributed by atoms with Crippen molar-refractivity contribution < 1.29 is 4.74 Å². The second kappa shape index (κ2) is 5.07. The maximum Gasteiger partial charge on any atom is 0.130 e. The topological polar surface area (TPSA) is 45.0 Å². The summed E-state index contributed by atoms with van der Waals surface area (Å²) in [6, 6.07) is 10.3. The number of nitrogens with one attached hydrogen (secondary N) is 1. The summed E-state index contributed by atoms with van der Waals surface area (Å²) >= 11 is 3.40. The van der Waals surface area contributed by atoms with E-state index in [0.29, 0.717) is 6.61 Å². The van der Waals surface area contributed by atoms with Gasteiger partial charge in [-0.05, 0) is 31.2 Å². The fourth-order valence-electron chi connectivity index (χ4n) is 2.14. The van der Waals surface area contributed by atoms with E-state index in [1.54, 1.807) is 0 Å². The molecule has 0 radical (unpaired) electrons. The number of benzene rings is 1. The lowest BCUT2D eigenvalue weighted by molar-refractivity contribution is 0.0103. The van der Waals surface area contributed by atoms with Gasteiger partial charge in [-0.1, -0.05) is 15.9 Å². The Bertz CT molecular complexity index is 426. The lowest BCUT2D eigenvalue weighted by Crippen LogP contribution is -2.45. The molecule has 0 saturated carbocycles. The molecule has 90 valence electrons. The van der Waals surface area contributed by atoms with E-state index in [1.807, 2.05) is 31.2 Å². The molecule has 17 heavy (non-hydrogen) atoms. The van der Waals surface area contributed by atoms with E-state index in [2.05, 4.69) is 27.3 Å². The van der Waals surface area contributed by atoms with E-state index in [1.165, 1.54) is 0 Å². The third kappa shape index (κ3) is 2.99. The van der Waals surface area contributed by atoms with Gasteiger partial charge in [0.1, 0.15) is 5.54 Å². The van der Waals surface area contributed by atoms with Gasteiger partial charge in [0.25, 0.3) is 0 Å². The highest BCUT2D eigenvalue weighted by Crippen LogP contribution is 2.29. The zero-order valence-corrected chi connectivity index (χ0v) is 11.3. The molecule has 0 aromatic heterocycles. The minimum absolute atomic E-state index is 0.131. The molecule has 0 spiro atoms. The Kier molecular flexibility index (Phi) is 3.70. The molecule has 1 aliphatic rings. The lowest BCUT2D eigenvalue weighted by atomic mass is 9.88. The van der Waals surface area contributed by atoms with E-state index in [4.69, 9.17) is 4.74 Å². The Hall–Kier alpha value is -1.05. The molecule has 2 rings (SSSR count). The van der Waals surface area contributed by atoms with E-state index in [0.717, 1.165) is 23.0 Å². The second-order valence-electron chi connectivity index (χ2n) is 4.46. The quantitative estimate of drug-likeness (QED) is 0.910. The number of rotatable bonds is 2. The number of ether oxygens (including phenoxy) is 1. The van der Waals surface area contributed by atoms with Crippen LogP contribution in [0.4, 0.5) is 5.69 Å². The molecule has 1 aromatic rings.